The number of sulfonamides is 1. The Morgan fingerprint density at radius 3 is 1.93 bits per heavy atom. The summed E-state index contributed by atoms with van der Waals surface area (Å²) in [6.45, 7) is 13.3. The molecule has 0 aliphatic carbocycles. The van der Waals surface area contributed by atoms with E-state index in [0.29, 0.717) is 23.6 Å². The Hall–Kier alpha value is -1.93. The van der Waals surface area contributed by atoms with E-state index in [-0.39, 0.29) is 30.4 Å². The quantitative estimate of drug-likeness (QED) is 0.606. The van der Waals surface area contributed by atoms with Gasteiger partial charge in [0.25, 0.3) is 5.91 Å². The third-order valence-electron chi connectivity index (χ3n) is 4.89. The van der Waals surface area contributed by atoms with E-state index in [1.54, 1.807) is 13.8 Å². The van der Waals surface area contributed by atoms with Crippen LogP contribution < -0.4 is 10.0 Å². The molecule has 1 aromatic rings. The average molecular weight is 413 g/mol. The highest BCUT2D eigenvalue weighted by Gasteiger charge is 2.23. The van der Waals surface area contributed by atoms with E-state index >= 15 is 0 Å². The number of esters is 1. The van der Waals surface area contributed by atoms with Gasteiger partial charge < -0.3 is 10.1 Å². The van der Waals surface area contributed by atoms with Crippen molar-refractivity contribution in [3.63, 3.8) is 0 Å². The van der Waals surface area contributed by atoms with Gasteiger partial charge in [-0.2, -0.15) is 0 Å². The Balaban J connectivity index is 2.66. The molecule has 0 radical (unpaired) electrons. The largest absolute Gasteiger partial charge is 0.456 e. The molecule has 0 aliphatic rings. The number of benzene rings is 1. The Morgan fingerprint density at radius 1 is 0.929 bits per heavy atom. The molecule has 0 bridgehead atoms. The van der Waals surface area contributed by atoms with E-state index in [9.17, 15) is 18.0 Å². The Bertz CT molecular complexity index is 816. The molecule has 0 saturated heterocycles. The fourth-order valence-electron chi connectivity index (χ4n) is 2.82. The molecule has 158 valence electrons. The van der Waals surface area contributed by atoms with Crippen molar-refractivity contribution in [1.82, 2.24) is 10.0 Å². The van der Waals surface area contributed by atoms with Crippen molar-refractivity contribution in [2.45, 2.75) is 59.8 Å². The second-order valence-corrected chi connectivity index (χ2v) is 9.16. The van der Waals surface area contributed by atoms with Crippen LogP contribution in [0.1, 0.15) is 48.1 Å². The molecule has 2 N–H and O–H groups in total. The molecule has 1 aromatic carbocycles. The van der Waals surface area contributed by atoms with Crippen LogP contribution in [0.2, 0.25) is 0 Å². The average Bonchev–Trinajstić information content (AvgIpc) is 2.61. The minimum absolute atomic E-state index is 0.0976. The molecule has 0 aliphatic heterocycles. The van der Waals surface area contributed by atoms with Gasteiger partial charge in [-0.05, 0) is 68.4 Å². The molecule has 7 nitrogen and oxygen atoms in total. The molecular weight excluding hydrogens is 380 g/mol. The zero-order chi connectivity index (χ0) is 21.6. The van der Waals surface area contributed by atoms with Gasteiger partial charge in [-0.3, -0.25) is 9.59 Å². The zero-order valence-corrected chi connectivity index (χ0v) is 18.7. The normalized spacial score (nSPS) is 11.6. The molecule has 0 aromatic heterocycles. The van der Waals surface area contributed by atoms with Gasteiger partial charge in [0.1, 0.15) is 0 Å². The van der Waals surface area contributed by atoms with E-state index in [0.717, 1.165) is 16.7 Å². The molecule has 1 rings (SSSR count). The van der Waals surface area contributed by atoms with Crippen molar-refractivity contribution in [2.75, 3.05) is 19.7 Å². The van der Waals surface area contributed by atoms with Gasteiger partial charge in [-0.25, -0.2) is 13.1 Å². The van der Waals surface area contributed by atoms with Gasteiger partial charge in [0.05, 0.1) is 11.3 Å². The van der Waals surface area contributed by atoms with Crippen LogP contribution in [0.5, 0.6) is 0 Å². The lowest BCUT2D eigenvalue weighted by molar-refractivity contribution is -0.148. The summed E-state index contributed by atoms with van der Waals surface area (Å²) in [6.07, 6.45) is -0.154. The summed E-state index contributed by atoms with van der Waals surface area (Å²) in [5.41, 5.74) is 4.37. The molecule has 0 fully saturated rings. The lowest BCUT2D eigenvalue weighted by Crippen LogP contribution is -2.32. The fraction of sp³-hybridized carbons (Fsp3) is 0.600. The van der Waals surface area contributed by atoms with E-state index in [4.69, 9.17) is 4.74 Å². The molecule has 8 heteroatoms. The maximum absolute atomic E-state index is 12.8. The topological polar surface area (TPSA) is 102 Å². The first-order valence-corrected chi connectivity index (χ1v) is 10.9. The molecular formula is C20H32N2O5S. The fourth-order valence-corrected chi connectivity index (χ4v) is 4.44. The van der Waals surface area contributed by atoms with Crippen LogP contribution in [0.15, 0.2) is 4.90 Å². The lowest BCUT2D eigenvalue weighted by atomic mass is 9.95. The minimum atomic E-state index is -3.77. The van der Waals surface area contributed by atoms with Crippen LogP contribution in [0.4, 0.5) is 0 Å². The number of ether oxygens (including phenoxy) is 1. The number of amides is 1. The molecule has 0 heterocycles. The maximum atomic E-state index is 12.8. The van der Waals surface area contributed by atoms with E-state index in [1.807, 2.05) is 34.6 Å². The van der Waals surface area contributed by atoms with Crippen LogP contribution in [-0.2, 0) is 24.3 Å². The summed E-state index contributed by atoms with van der Waals surface area (Å²) in [4.78, 5) is 23.6. The van der Waals surface area contributed by atoms with Gasteiger partial charge in [-0.15, -0.1) is 0 Å². The summed E-state index contributed by atoms with van der Waals surface area (Å²) in [7, 11) is -3.77. The second kappa shape index (κ2) is 10.0. The first kappa shape index (κ1) is 24.1. The predicted molar refractivity (Wildman–Crippen MR) is 109 cm³/mol. The number of rotatable bonds is 9. The van der Waals surface area contributed by atoms with Crippen molar-refractivity contribution >= 4 is 21.9 Å². The lowest BCUT2D eigenvalue weighted by Gasteiger charge is -2.19. The van der Waals surface area contributed by atoms with Gasteiger partial charge in [0.15, 0.2) is 6.61 Å². The van der Waals surface area contributed by atoms with Crippen LogP contribution >= 0.6 is 0 Å². The van der Waals surface area contributed by atoms with Crippen LogP contribution in [0.3, 0.4) is 0 Å². The number of carbonyl (C=O) groups is 2. The van der Waals surface area contributed by atoms with Gasteiger partial charge in [0.2, 0.25) is 10.0 Å². The van der Waals surface area contributed by atoms with Gasteiger partial charge >= 0.3 is 5.97 Å². The smallest absolute Gasteiger partial charge is 0.307 e. The molecule has 0 atom stereocenters. The molecule has 28 heavy (non-hydrogen) atoms. The molecule has 0 saturated carbocycles. The Morgan fingerprint density at radius 2 is 1.43 bits per heavy atom. The first-order chi connectivity index (χ1) is 12.9. The van der Waals surface area contributed by atoms with E-state index in [2.05, 4.69) is 10.0 Å². The highest BCUT2D eigenvalue weighted by molar-refractivity contribution is 7.89. The standard InChI is InChI=1S/C20H32N2O5S/c1-12(2)10-21-18(23)11-27-19(24)8-9-22-28(25,26)20-16(6)14(4)13(3)15(5)17(20)7/h12,22H,8-11H2,1-7H3,(H,21,23). The number of hydrogen-bond donors (Lipinski definition) is 2. The van der Waals surface area contributed by atoms with Crippen LogP contribution in [-0.4, -0.2) is 40.0 Å². The van der Waals surface area contributed by atoms with Crippen molar-refractivity contribution in [3.8, 4) is 0 Å². The molecule has 1 amide bonds. The predicted octanol–water partition coefficient (Wildman–Crippen LogP) is 2.21. The van der Waals surface area contributed by atoms with Crippen molar-refractivity contribution in [1.29, 1.82) is 0 Å². The highest BCUT2D eigenvalue weighted by Crippen LogP contribution is 2.29. The summed E-state index contributed by atoms with van der Waals surface area (Å²) < 4.78 is 32.9. The monoisotopic (exact) mass is 412 g/mol. The minimum Gasteiger partial charge on any atom is -0.456 e. The second-order valence-electron chi connectivity index (χ2n) is 7.46. The maximum Gasteiger partial charge on any atom is 0.307 e. The van der Waals surface area contributed by atoms with E-state index < -0.39 is 16.0 Å². The zero-order valence-electron chi connectivity index (χ0n) is 17.9. The van der Waals surface area contributed by atoms with E-state index in [1.165, 1.54) is 0 Å². The van der Waals surface area contributed by atoms with Crippen molar-refractivity contribution in [2.24, 2.45) is 5.92 Å². The van der Waals surface area contributed by atoms with Gasteiger partial charge in [-0.1, -0.05) is 13.8 Å². The Labute approximate surface area is 168 Å². The van der Waals surface area contributed by atoms with Gasteiger partial charge in [0, 0.05) is 13.1 Å². The highest BCUT2D eigenvalue weighted by atomic mass is 32.2. The summed E-state index contributed by atoms with van der Waals surface area (Å²) >= 11 is 0. The summed E-state index contributed by atoms with van der Waals surface area (Å²) in [6, 6.07) is 0. The van der Waals surface area contributed by atoms with Crippen LogP contribution in [0, 0.1) is 40.5 Å². The Kier molecular flexibility index (Phi) is 8.63. The summed E-state index contributed by atoms with van der Waals surface area (Å²) in [5.74, 6) is -0.707. The van der Waals surface area contributed by atoms with Crippen LogP contribution in [0.25, 0.3) is 0 Å². The summed E-state index contributed by atoms with van der Waals surface area (Å²) in [5, 5.41) is 2.64. The van der Waals surface area contributed by atoms with Crippen molar-refractivity contribution in [3.05, 3.63) is 27.8 Å². The number of nitrogens with one attached hydrogen (secondary N) is 2. The third kappa shape index (κ3) is 6.31. The number of hydrogen-bond acceptors (Lipinski definition) is 5. The molecule has 0 unspecified atom stereocenters. The molecule has 0 spiro atoms. The third-order valence-corrected chi connectivity index (χ3v) is 6.63. The number of carbonyl (C=O) groups excluding carboxylic acids is 2. The van der Waals surface area contributed by atoms with Crippen molar-refractivity contribution < 1.29 is 22.7 Å². The SMILES string of the molecule is Cc1c(C)c(C)c(S(=O)(=O)NCCC(=O)OCC(=O)NCC(C)C)c(C)c1C. The first-order valence-electron chi connectivity index (χ1n) is 9.37.